The summed E-state index contributed by atoms with van der Waals surface area (Å²) in [6, 6.07) is 15.5. The molecule has 0 aliphatic carbocycles. The van der Waals surface area contributed by atoms with E-state index in [1.807, 2.05) is 37.3 Å². The Morgan fingerprint density at radius 1 is 1.10 bits per heavy atom. The molecule has 0 saturated carbocycles. The summed E-state index contributed by atoms with van der Waals surface area (Å²) in [5.74, 6) is -0.385. The van der Waals surface area contributed by atoms with Crippen molar-refractivity contribution in [1.82, 2.24) is 5.32 Å². The van der Waals surface area contributed by atoms with E-state index >= 15 is 0 Å². The average molecular weight is 272 g/mol. The first-order chi connectivity index (χ1) is 9.65. The third kappa shape index (κ3) is 4.09. The van der Waals surface area contributed by atoms with Crippen molar-refractivity contribution in [3.05, 3.63) is 66.0 Å². The van der Waals surface area contributed by atoms with Gasteiger partial charge in [0, 0.05) is 5.69 Å². The Kier molecular flexibility index (Phi) is 4.71. The lowest BCUT2D eigenvalue weighted by Crippen LogP contribution is -2.32. The number of halogens is 1. The van der Waals surface area contributed by atoms with Gasteiger partial charge < -0.3 is 10.6 Å². The van der Waals surface area contributed by atoms with E-state index in [0.29, 0.717) is 0 Å². The summed E-state index contributed by atoms with van der Waals surface area (Å²) < 4.78 is 12.8. The number of benzene rings is 2. The standard InChI is InChI=1S/C16H17FN2O/c1-12(13-7-9-14(17)10-8-13)19-16(20)11-18-15-5-3-2-4-6-15/h2-10,12,18H,11H2,1H3,(H,19,20). The van der Waals surface area contributed by atoms with Gasteiger partial charge in [0.25, 0.3) is 0 Å². The van der Waals surface area contributed by atoms with Gasteiger partial charge in [0.1, 0.15) is 5.82 Å². The van der Waals surface area contributed by atoms with Gasteiger partial charge in [0.15, 0.2) is 0 Å². The quantitative estimate of drug-likeness (QED) is 0.878. The molecule has 0 spiro atoms. The van der Waals surface area contributed by atoms with Crippen LogP contribution in [0.3, 0.4) is 0 Å². The van der Waals surface area contributed by atoms with Crippen LogP contribution in [0, 0.1) is 5.82 Å². The van der Waals surface area contributed by atoms with E-state index < -0.39 is 0 Å². The second-order valence-corrected chi connectivity index (χ2v) is 4.56. The topological polar surface area (TPSA) is 41.1 Å². The molecule has 0 aromatic heterocycles. The molecule has 2 aromatic carbocycles. The van der Waals surface area contributed by atoms with Gasteiger partial charge >= 0.3 is 0 Å². The summed E-state index contributed by atoms with van der Waals surface area (Å²) >= 11 is 0. The van der Waals surface area contributed by atoms with Gasteiger partial charge in [-0.05, 0) is 36.8 Å². The zero-order chi connectivity index (χ0) is 14.4. The number of hydrogen-bond acceptors (Lipinski definition) is 2. The molecule has 0 fully saturated rings. The molecule has 0 aliphatic heterocycles. The third-order valence-electron chi connectivity index (χ3n) is 2.97. The van der Waals surface area contributed by atoms with Crippen LogP contribution < -0.4 is 10.6 Å². The smallest absolute Gasteiger partial charge is 0.239 e. The van der Waals surface area contributed by atoms with Crippen molar-refractivity contribution in [2.75, 3.05) is 11.9 Å². The number of para-hydroxylation sites is 1. The summed E-state index contributed by atoms with van der Waals surface area (Å²) in [5, 5.41) is 5.90. The molecular weight excluding hydrogens is 255 g/mol. The van der Waals surface area contributed by atoms with Crippen LogP contribution in [0.1, 0.15) is 18.5 Å². The van der Waals surface area contributed by atoms with E-state index in [4.69, 9.17) is 0 Å². The Labute approximate surface area is 117 Å². The lowest BCUT2D eigenvalue weighted by atomic mass is 10.1. The van der Waals surface area contributed by atoms with Gasteiger partial charge in [-0.1, -0.05) is 30.3 Å². The van der Waals surface area contributed by atoms with E-state index in [1.54, 1.807) is 12.1 Å². The molecule has 20 heavy (non-hydrogen) atoms. The molecule has 2 N–H and O–H groups in total. The van der Waals surface area contributed by atoms with Crippen molar-refractivity contribution in [2.45, 2.75) is 13.0 Å². The van der Waals surface area contributed by atoms with Crippen LogP contribution in [-0.4, -0.2) is 12.5 Å². The number of anilines is 1. The van der Waals surface area contributed by atoms with Crippen LogP contribution in [0.15, 0.2) is 54.6 Å². The molecule has 1 atom stereocenters. The van der Waals surface area contributed by atoms with E-state index in [9.17, 15) is 9.18 Å². The molecular formula is C16H17FN2O. The minimum Gasteiger partial charge on any atom is -0.376 e. The molecule has 0 heterocycles. The Morgan fingerprint density at radius 2 is 1.75 bits per heavy atom. The van der Waals surface area contributed by atoms with Crippen LogP contribution in [-0.2, 0) is 4.79 Å². The van der Waals surface area contributed by atoms with Crippen LogP contribution >= 0.6 is 0 Å². The van der Waals surface area contributed by atoms with Crippen molar-refractivity contribution in [1.29, 1.82) is 0 Å². The number of carbonyl (C=O) groups is 1. The maximum Gasteiger partial charge on any atom is 0.239 e. The largest absolute Gasteiger partial charge is 0.376 e. The fraction of sp³-hybridized carbons (Fsp3) is 0.188. The van der Waals surface area contributed by atoms with Gasteiger partial charge in [-0.15, -0.1) is 0 Å². The molecule has 0 aliphatic rings. The Balaban J connectivity index is 1.83. The van der Waals surface area contributed by atoms with Crippen molar-refractivity contribution >= 4 is 11.6 Å². The Morgan fingerprint density at radius 3 is 2.40 bits per heavy atom. The summed E-state index contributed by atoms with van der Waals surface area (Å²) in [6.45, 7) is 2.07. The van der Waals surface area contributed by atoms with Gasteiger partial charge in [-0.25, -0.2) is 4.39 Å². The van der Waals surface area contributed by atoms with Crippen LogP contribution in [0.2, 0.25) is 0 Å². The number of carbonyl (C=O) groups excluding carboxylic acids is 1. The minimum absolute atomic E-state index is 0.106. The number of nitrogens with one attached hydrogen (secondary N) is 2. The highest BCUT2D eigenvalue weighted by Gasteiger charge is 2.09. The first-order valence-electron chi connectivity index (χ1n) is 6.49. The summed E-state index contributed by atoms with van der Waals surface area (Å²) in [4.78, 5) is 11.8. The molecule has 2 aromatic rings. The number of hydrogen-bond donors (Lipinski definition) is 2. The Hall–Kier alpha value is -2.36. The molecule has 0 bridgehead atoms. The second kappa shape index (κ2) is 6.70. The highest BCUT2D eigenvalue weighted by molar-refractivity contribution is 5.81. The summed E-state index contributed by atoms with van der Waals surface area (Å²) in [6.07, 6.45) is 0. The normalized spacial score (nSPS) is 11.7. The summed E-state index contributed by atoms with van der Waals surface area (Å²) in [7, 11) is 0. The molecule has 0 radical (unpaired) electrons. The third-order valence-corrected chi connectivity index (χ3v) is 2.97. The van der Waals surface area contributed by atoms with Crippen LogP contribution in [0.25, 0.3) is 0 Å². The van der Waals surface area contributed by atoms with Crippen LogP contribution in [0.4, 0.5) is 10.1 Å². The predicted molar refractivity (Wildman–Crippen MR) is 77.9 cm³/mol. The molecule has 1 amide bonds. The monoisotopic (exact) mass is 272 g/mol. The second-order valence-electron chi connectivity index (χ2n) is 4.56. The van der Waals surface area contributed by atoms with Gasteiger partial charge in [0.05, 0.1) is 12.6 Å². The highest BCUT2D eigenvalue weighted by atomic mass is 19.1. The molecule has 2 rings (SSSR count). The van der Waals surface area contributed by atoms with E-state index in [-0.39, 0.29) is 24.3 Å². The van der Waals surface area contributed by atoms with Crippen molar-refractivity contribution < 1.29 is 9.18 Å². The van der Waals surface area contributed by atoms with Gasteiger partial charge in [0.2, 0.25) is 5.91 Å². The SMILES string of the molecule is CC(NC(=O)CNc1ccccc1)c1ccc(F)cc1. The molecule has 104 valence electrons. The maximum absolute atomic E-state index is 12.8. The van der Waals surface area contributed by atoms with E-state index in [0.717, 1.165) is 11.3 Å². The highest BCUT2D eigenvalue weighted by Crippen LogP contribution is 2.12. The zero-order valence-electron chi connectivity index (χ0n) is 11.3. The molecule has 1 unspecified atom stereocenters. The predicted octanol–water partition coefficient (Wildman–Crippen LogP) is 3.12. The van der Waals surface area contributed by atoms with E-state index in [2.05, 4.69) is 10.6 Å². The van der Waals surface area contributed by atoms with Gasteiger partial charge in [-0.2, -0.15) is 0 Å². The average Bonchev–Trinajstić information content (AvgIpc) is 2.47. The lowest BCUT2D eigenvalue weighted by molar-refractivity contribution is -0.120. The number of rotatable bonds is 5. The van der Waals surface area contributed by atoms with Crippen molar-refractivity contribution in [2.24, 2.45) is 0 Å². The number of amides is 1. The maximum atomic E-state index is 12.8. The fourth-order valence-electron chi connectivity index (χ4n) is 1.87. The molecule has 0 saturated heterocycles. The van der Waals surface area contributed by atoms with Crippen molar-refractivity contribution in [3.63, 3.8) is 0 Å². The molecule has 4 heteroatoms. The van der Waals surface area contributed by atoms with Crippen molar-refractivity contribution in [3.8, 4) is 0 Å². The molecule has 3 nitrogen and oxygen atoms in total. The summed E-state index contributed by atoms with van der Waals surface area (Å²) in [5.41, 5.74) is 1.77. The Bertz CT molecular complexity index is 554. The first-order valence-corrected chi connectivity index (χ1v) is 6.49. The van der Waals surface area contributed by atoms with E-state index in [1.165, 1.54) is 12.1 Å². The van der Waals surface area contributed by atoms with Crippen LogP contribution in [0.5, 0.6) is 0 Å². The first kappa shape index (κ1) is 14.1. The minimum atomic E-state index is -0.280. The fourth-order valence-corrected chi connectivity index (χ4v) is 1.87. The zero-order valence-corrected chi connectivity index (χ0v) is 11.3. The lowest BCUT2D eigenvalue weighted by Gasteiger charge is -2.15. The van der Waals surface area contributed by atoms with Gasteiger partial charge in [-0.3, -0.25) is 4.79 Å².